The molecule has 2 fully saturated rings. The Morgan fingerprint density at radius 2 is 2.00 bits per heavy atom. The Morgan fingerprint density at radius 3 is 2.56 bits per heavy atom. The number of nitrogens with one attached hydrogen (secondary N) is 1. The Labute approximate surface area is 108 Å². The van der Waals surface area contributed by atoms with Crippen molar-refractivity contribution < 1.29 is 4.79 Å². The molecule has 96 valence electrons. The van der Waals surface area contributed by atoms with Crippen molar-refractivity contribution in [3.63, 3.8) is 0 Å². The summed E-state index contributed by atoms with van der Waals surface area (Å²) in [6.07, 6.45) is 5.25. The monoisotopic (exact) mass is 244 g/mol. The Balaban J connectivity index is 1.55. The van der Waals surface area contributed by atoms with Crippen LogP contribution in [0, 0.1) is 11.3 Å². The van der Waals surface area contributed by atoms with Gasteiger partial charge in [-0.3, -0.25) is 4.79 Å². The topological polar surface area (TPSA) is 55.1 Å². The van der Waals surface area contributed by atoms with Crippen LogP contribution in [-0.4, -0.2) is 12.5 Å². The van der Waals surface area contributed by atoms with Crippen LogP contribution < -0.4 is 11.1 Å². The van der Waals surface area contributed by atoms with E-state index in [4.69, 9.17) is 5.73 Å². The van der Waals surface area contributed by atoms with Gasteiger partial charge in [-0.15, -0.1) is 0 Å². The fraction of sp³-hybridized carbons (Fsp3) is 0.533. The number of benzene rings is 1. The second-order valence-electron chi connectivity index (χ2n) is 5.74. The summed E-state index contributed by atoms with van der Waals surface area (Å²) in [5.74, 6) is 0.818. The highest BCUT2D eigenvalue weighted by molar-refractivity contribution is 5.82. The molecule has 3 nitrogen and oxygen atoms in total. The van der Waals surface area contributed by atoms with Gasteiger partial charge in [0.1, 0.15) is 6.04 Å². The highest BCUT2D eigenvalue weighted by Crippen LogP contribution is 2.60. The van der Waals surface area contributed by atoms with Gasteiger partial charge >= 0.3 is 0 Å². The van der Waals surface area contributed by atoms with E-state index in [0.717, 1.165) is 18.0 Å². The molecule has 2 aliphatic rings. The maximum Gasteiger partial charge on any atom is 0.241 e. The van der Waals surface area contributed by atoms with Crippen LogP contribution in [0.5, 0.6) is 0 Å². The average Bonchev–Trinajstić information content (AvgIpc) is 3.28. The number of amides is 1. The Hall–Kier alpha value is -1.35. The van der Waals surface area contributed by atoms with Gasteiger partial charge in [-0.25, -0.2) is 0 Å². The van der Waals surface area contributed by atoms with Gasteiger partial charge in [-0.2, -0.15) is 0 Å². The predicted octanol–water partition coefficient (Wildman–Crippen LogP) is 1.99. The highest BCUT2D eigenvalue weighted by atomic mass is 16.2. The lowest BCUT2D eigenvalue weighted by molar-refractivity contribution is -0.122. The summed E-state index contributed by atoms with van der Waals surface area (Å²) in [6, 6.07) is 9.02. The molecule has 1 aromatic rings. The first kappa shape index (κ1) is 11.7. The highest BCUT2D eigenvalue weighted by Gasteiger charge is 2.53. The molecule has 0 spiro atoms. The van der Waals surface area contributed by atoms with E-state index in [1.807, 2.05) is 30.3 Å². The Bertz CT molecular complexity index is 435. The third kappa shape index (κ3) is 2.27. The minimum absolute atomic E-state index is 0.0480. The van der Waals surface area contributed by atoms with Gasteiger partial charge in [0.25, 0.3) is 0 Å². The summed E-state index contributed by atoms with van der Waals surface area (Å²) in [7, 11) is 0. The van der Waals surface area contributed by atoms with E-state index in [2.05, 4.69) is 5.32 Å². The van der Waals surface area contributed by atoms with Crippen LogP contribution in [-0.2, 0) is 4.79 Å². The first-order valence-electron chi connectivity index (χ1n) is 6.79. The molecule has 0 heterocycles. The van der Waals surface area contributed by atoms with Crippen molar-refractivity contribution in [1.82, 2.24) is 5.32 Å². The number of hydrogen-bond acceptors (Lipinski definition) is 2. The number of nitrogens with two attached hydrogens (primary N) is 1. The zero-order valence-corrected chi connectivity index (χ0v) is 10.6. The van der Waals surface area contributed by atoms with Crippen LogP contribution in [0.25, 0.3) is 0 Å². The first-order chi connectivity index (χ1) is 8.71. The number of hydrogen-bond donors (Lipinski definition) is 2. The van der Waals surface area contributed by atoms with Gasteiger partial charge < -0.3 is 11.1 Å². The first-order valence-corrected chi connectivity index (χ1v) is 6.79. The van der Waals surface area contributed by atoms with Gasteiger partial charge in [0.15, 0.2) is 0 Å². The van der Waals surface area contributed by atoms with E-state index in [0.29, 0.717) is 5.41 Å². The number of carbonyl (C=O) groups excluding carboxylic acids is 1. The van der Waals surface area contributed by atoms with E-state index >= 15 is 0 Å². The van der Waals surface area contributed by atoms with Crippen molar-refractivity contribution in [3.8, 4) is 0 Å². The van der Waals surface area contributed by atoms with Crippen molar-refractivity contribution in [2.45, 2.75) is 31.7 Å². The summed E-state index contributed by atoms with van der Waals surface area (Å²) >= 11 is 0. The molecule has 3 heteroatoms. The zero-order valence-electron chi connectivity index (χ0n) is 10.6. The third-order valence-electron chi connectivity index (χ3n) is 4.39. The van der Waals surface area contributed by atoms with Gasteiger partial charge in [-0.05, 0) is 42.6 Å². The van der Waals surface area contributed by atoms with E-state index in [-0.39, 0.29) is 5.91 Å². The molecule has 1 aromatic carbocycles. The quantitative estimate of drug-likeness (QED) is 0.832. The molecule has 0 bridgehead atoms. The van der Waals surface area contributed by atoms with Crippen molar-refractivity contribution in [3.05, 3.63) is 35.9 Å². The standard InChI is InChI=1S/C15H20N2O/c16-13(11-4-2-1-3-5-11)14(18)17-10-15(8-9-15)12-6-7-12/h1-5,12-13H,6-10,16H2,(H,17,18)/t13-/m1/s1. The average molecular weight is 244 g/mol. The molecular formula is C15H20N2O. The van der Waals surface area contributed by atoms with Crippen molar-refractivity contribution in [2.24, 2.45) is 17.1 Å². The van der Waals surface area contributed by atoms with E-state index < -0.39 is 6.04 Å². The third-order valence-corrected chi connectivity index (χ3v) is 4.39. The van der Waals surface area contributed by atoms with Crippen molar-refractivity contribution in [1.29, 1.82) is 0 Å². The second kappa shape index (κ2) is 4.39. The Morgan fingerprint density at radius 1 is 1.33 bits per heavy atom. The van der Waals surface area contributed by atoms with Crippen molar-refractivity contribution in [2.75, 3.05) is 6.54 Å². The van der Waals surface area contributed by atoms with Crippen LogP contribution >= 0.6 is 0 Å². The maximum atomic E-state index is 12.0. The molecule has 0 radical (unpaired) electrons. The molecule has 3 rings (SSSR count). The van der Waals surface area contributed by atoms with Crippen LogP contribution in [0.2, 0.25) is 0 Å². The molecule has 1 amide bonds. The zero-order chi connectivity index (χ0) is 12.6. The molecule has 0 unspecified atom stereocenters. The molecule has 2 aliphatic carbocycles. The van der Waals surface area contributed by atoms with Crippen LogP contribution in [0.4, 0.5) is 0 Å². The lowest BCUT2D eigenvalue weighted by Gasteiger charge is -2.17. The molecule has 3 N–H and O–H groups in total. The van der Waals surface area contributed by atoms with Crippen LogP contribution in [0.15, 0.2) is 30.3 Å². The summed E-state index contributed by atoms with van der Waals surface area (Å²) in [5, 5.41) is 3.04. The van der Waals surface area contributed by atoms with E-state index in [9.17, 15) is 4.79 Å². The predicted molar refractivity (Wildman–Crippen MR) is 70.8 cm³/mol. The van der Waals surface area contributed by atoms with Gasteiger partial charge in [0, 0.05) is 6.54 Å². The SMILES string of the molecule is N[C@@H](C(=O)NCC1(C2CC2)CC1)c1ccccc1. The largest absolute Gasteiger partial charge is 0.354 e. The summed E-state index contributed by atoms with van der Waals surface area (Å²) < 4.78 is 0. The van der Waals surface area contributed by atoms with E-state index in [1.165, 1.54) is 25.7 Å². The van der Waals surface area contributed by atoms with Crippen LogP contribution in [0.1, 0.15) is 37.3 Å². The molecule has 0 aliphatic heterocycles. The molecule has 18 heavy (non-hydrogen) atoms. The molecule has 2 saturated carbocycles. The normalized spacial score (nSPS) is 22.3. The molecule has 0 saturated heterocycles. The van der Waals surface area contributed by atoms with E-state index in [1.54, 1.807) is 0 Å². The maximum absolute atomic E-state index is 12.0. The van der Waals surface area contributed by atoms with Gasteiger partial charge in [0.05, 0.1) is 0 Å². The fourth-order valence-corrected chi connectivity index (χ4v) is 2.77. The lowest BCUT2D eigenvalue weighted by Crippen LogP contribution is -2.38. The van der Waals surface area contributed by atoms with Crippen molar-refractivity contribution >= 4 is 5.91 Å². The lowest BCUT2D eigenvalue weighted by atomic mass is 10.00. The molecular weight excluding hydrogens is 224 g/mol. The summed E-state index contributed by atoms with van der Waals surface area (Å²) in [6.45, 7) is 0.817. The fourth-order valence-electron chi connectivity index (χ4n) is 2.77. The number of rotatable bonds is 5. The van der Waals surface area contributed by atoms with Gasteiger partial charge in [-0.1, -0.05) is 30.3 Å². The summed E-state index contributed by atoms with van der Waals surface area (Å²) in [4.78, 5) is 12.0. The molecule has 0 aromatic heterocycles. The Kier molecular flexibility index (Phi) is 2.86. The minimum Gasteiger partial charge on any atom is -0.354 e. The van der Waals surface area contributed by atoms with Gasteiger partial charge in [0.2, 0.25) is 5.91 Å². The second-order valence-corrected chi connectivity index (χ2v) is 5.74. The number of carbonyl (C=O) groups is 1. The smallest absolute Gasteiger partial charge is 0.241 e. The summed E-state index contributed by atoms with van der Waals surface area (Å²) in [5.41, 5.74) is 7.29. The van der Waals surface area contributed by atoms with Crippen LogP contribution in [0.3, 0.4) is 0 Å². The minimum atomic E-state index is -0.541. The molecule has 1 atom stereocenters.